The molecule has 2 unspecified atom stereocenters. The topological polar surface area (TPSA) is 75.6 Å². The standard InChI is InChI=1S/C15H23NO4S/c1-3-6-20-15-5-4-14(8-13(15)10-17)21(18,19)16-9-12-7-11(12)2/h4-5,8,11-12,16-17H,3,6-7,9-10H2,1-2H3. The molecule has 118 valence electrons. The van der Waals surface area contributed by atoms with Gasteiger partial charge in [-0.2, -0.15) is 0 Å². The summed E-state index contributed by atoms with van der Waals surface area (Å²) < 4.78 is 32.6. The molecule has 0 aliphatic heterocycles. The molecule has 0 heterocycles. The molecule has 1 saturated carbocycles. The number of aliphatic hydroxyl groups is 1. The maximum absolute atomic E-state index is 12.2. The van der Waals surface area contributed by atoms with Crippen LogP contribution in [0.15, 0.2) is 23.1 Å². The quantitative estimate of drug-likeness (QED) is 0.768. The van der Waals surface area contributed by atoms with Crippen molar-refractivity contribution in [3.63, 3.8) is 0 Å². The highest BCUT2D eigenvalue weighted by Gasteiger charge is 2.33. The molecular formula is C15H23NO4S. The molecule has 1 fully saturated rings. The van der Waals surface area contributed by atoms with Gasteiger partial charge in [0.1, 0.15) is 5.75 Å². The van der Waals surface area contributed by atoms with E-state index in [1.54, 1.807) is 6.07 Å². The summed E-state index contributed by atoms with van der Waals surface area (Å²) in [5, 5.41) is 9.38. The Balaban J connectivity index is 2.11. The summed E-state index contributed by atoms with van der Waals surface area (Å²) in [7, 11) is -3.53. The van der Waals surface area contributed by atoms with Crippen molar-refractivity contribution >= 4 is 10.0 Å². The molecule has 0 amide bonds. The minimum atomic E-state index is -3.53. The van der Waals surface area contributed by atoms with Gasteiger partial charge in [-0.25, -0.2) is 13.1 Å². The third-order valence-electron chi connectivity index (χ3n) is 3.79. The van der Waals surface area contributed by atoms with Gasteiger partial charge in [0.05, 0.1) is 18.1 Å². The van der Waals surface area contributed by atoms with Crippen molar-refractivity contribution in [1.29, 1.82) is 0 Å². The van der Waals surface area contributed by atoms with E-state index in [-0.39, 0.29) is 11.5 Å². The molecule has 0 aromatic heterocycles. The lowest BCUT2D eigenvalue weighted by Crippen LogP contribution is -2.26. The van der Waals surface area contributed by atoms with Gasteiger partial charge >= 0.3 is 0 Å². The van der Waals surface area contributed by atoms with Crippen LogP contribution in [0.4, 0.5) is 0 Å². The molecule has 1 aliphatic rings. The van der Waals surface area contributed by atoms with Gasteiger partial charge in [0.2, 0.25) is 10.0 Å². The van der Waals surface area contributed by atoms with Gasteiger partial charge < -0.3 is 9.84 Å². The summed E-state index contributed by atoms with van der Waals surface area (Å²) >= 11 is 0. The number of hydrogen-bond acceptors (Lipinski definition) is 4. The van der Waals surface area contributed by atoms with E-state index < -0.39 is 10.0 Å². The molecule has 5 nitrogen and oxygen atoms in total. The van der Waals surface area contributed by atoms with Gasteiger partial charge in [-0.1, -0.05) is 13.8 Å². The number of nitrogens with one attached hydrogen (secondary N) is 1. The molecule has 21 heavy (non-hydrogen) atoms. The number of sulfonamides is 1. The van der Waals surface area contributed by atoms with E-state index >= 15 is 0 Å². The Hall–Kier alpha value is -1.11. The Bertz CT molecular complexity index is 585. The van der Waals surface area contributed by atoms with Crippen LogP contribution in [0, 0.1) is 11.8 Å². The van der Waals surface area contributed by atoms with Crippen LogP contribution in [0.3, 0.4) is 0 Å². The smallest absolute Gasteiger partial charge is 0.240 e. The fourth-order valence-corrected chi connectivity index (χ4v) is 3.33. The molecule has 2 rings (SSSR count). The van der Waals surface area contributed by atoms with Crippen LogP contribution >= 0.6 is 0 Å². The lowest BCUT2D eigenvalue weighted by atomic mass is 10.2. The first-order valence-electron chi connectivity index (χ1n) is 7.34. The lowest BCUT2D eigenvalue weighted by molar-refractivity contribution is 0.262. The Morgan fingerprint density at radius 2 is 2.14 bits per heavy atom. The fraction of sp³-hybridized carbons (Fsp3) is 0.600. The SMILES string of the molecule is CCCOc1ccc(S(=O)(=O)NCC2CC2C)cc1CO. The zero-order chi connectivity index (χ0) is 15.5. The van der Waals surface area contributed by atoms with Crippen molar-refractivity contribution < 1.29 is 18.3 Å². The van der Waals surface area contributed by atoms with E-state index in [1.807, 2.05) is 6.92 Å². The van der Waals surface area contributed by atoms with Crippen molar-refractivity contribution in [2.24, 2.45) is 11.8 Å². The van der Waals surface area contributed by atoms with E-state index in [9.17, 15) is 13.5 Å². The van der Waals surface area contributed by atoms with Crippen molar-refractivity contribution in [1.82, 2.24) is 4.72 Å². The van der Waals surface area contributed by atoms with Gasteiger partial charge in [0.25, 0.3) is 0 Å². The summed E-state index contributed by atoms with van der Waals surface area (Å²) in [6.07, 6.45) is 1.93. The highest BCUT2D eigenvalue weighted by Crippen LogP contribution is 2.37. The predicted octanol–water partition coefficient (Wildman–Crippen LogP) is 1.90. The minimum Gasteiger partial charge on any atom is -0.493 e. The molecule has 6 heteroatoms. The van der Waals surface area contributed by atoms with Crippen LogP contribution in [0.5, 0.6) is 5.75 Å². The zero-order valence-corrected chi connectivity index (χ0v) is 13.3. The monoisotopic (exact) mass is 313 g/mol. The summed E-state index contributed by atoms with van der Waals surface area (Å²) in [4.78, 5) is 0.170. The van der Waals surface area contributed by atoms with E-state index in [2.05, 4.69) is 11.6 Å². The van der Waals surface area contributed by atoms with Crippen LogP contribution < -0.4 is 9.46 Å². The number of aliphatic hydroxyl groups excluding tert-OH is 1. The highest BCUT2D eigenvalue weighted by atomic mass is 32.2. The average Bonchev–Trinajstić information content (AvgIpc) is 3.18. The van der Waals surface area contributed by atoms with Gasteiger partial charge in [0, 0.05) is 12.1 Å². The van der Waals surface area contributed by atoms with Gasteiger partial charge in [0.15, 0.2) is 0 Å². The second-order valence-electron chi connectivity index (χ2n) is 5.60. The maximum Gasteiger partial charge on any atom is 0.240 e. The van der Waals surface area contributed by atoms with Gasteiger partial charge in [-0.15, -0.1) is 0 Å². The normalized spacial score (nSPS) is 21.3. The Kier molecular flexibility index (Phi) is 5.24. The molecule has 0 radical (unpaired) electrons. The summed E-state index contributed by atoms with van der Waals surface area (Å²) in [6, 6.07) is 4.60. The zero-order valence-electron chi connectivity index (χ0n) is 12.5. The Morgan fingerprint density at radius 1 is 1.43 bits per heavy atom. The van der Waals surface area contributed by atoms with Crippen molar-refractivity contribution in [3.8, 4) is 5.75 Å². The second kappa shape index (κ2) is 6.77. The van der Waals surface area contributed by atoms with Crippen LogP contribution in [0.2, 0.25) is 0 Å². The molecular weight excluding hydrogens is 290 g/mol. The Morgan fingerprint density at radius 3 is 2.71 bits per heavy atom. The Labute approximate surface area is 126 Å². The fourth-order valence-electron chi connectivity index (χ4n) is 2.18. The third-order valence-corrected chi connectivity index (χ3v) is 5.21. The molecule has 0 bridgehead atoms. The molecule has 1 aliphatic carbocycles. The minimum absolute atomic E-state index is 0.170. The van der Waals surface area contributed by atoms with Crippen LogP contribution in [0.1, 0.15) is 32.3 Å². The largest absolute Gasteiger partial charge is 0.493 e. The summed E-state index contributed by atoms with van der Waals surface area (Å²) in [6.45, 7) is 4.87. The molecule has 2 atom stereocenters. The molecule has 0 spiro atoms. The average molecular weight is 313 g/mol. The molecule has 0 saturated heterocycles. The first-order chi connectivity index (χ1) is 9.97. The first-order valence-corrected chi connectivity index (χ1v) is 8.82. The number of ether oxygens (including phenoxy) is 1. The molecule has 2 N–H and O–H groups in total. The van der Waals surface area contributed by atoms with E-state index in [1.165, 1.54) is 12.1 Å². The van der Waals surface area contributed by atoms with E-state index in [0.29, 0.717) is 36.3 Å². The summed E-state index contributed by atoms with van der Waals surface area (Å²) in [5.74, 6) is 1.59. The molecule has 1 aromatic rings. The van der Waals surface area contributed by atoms with Crippen LogP contribution in [0.25, 0.3) is 0 Å². The van der Waals surface area contributed by atoms with Crippen LogP contribution in [-0.2, 0) is 16.6 Å². The number of hydrogen-bond donors (Lipinski definition) is 2. The summed E-state index contributed by atoms with van der Waals surface area (Å²) in [5.41, 5.74) is 0.492. The second-order valence-corrected chi connectivity index (χ2v) is 7.37. The first kappa shape index (κ1) is 16.3. The van der Waals surface area contributed by atoms with Crippen molar-refractivity contribution in [2.45, 2.75) is 38.2 Å². The maximum atomic E-state index is 12.2. The number of rotatable bonds is 8. The van der Waals surface area contributed by atoms with E-state index in [0.717, 1.165) is 12.8 Å². The number of benzene rings is 1. The predicted molar refractivity (Wildman–Crippen MR) is 80.6 cm³/mol. The highest BCUT2D eigenvalue weighted by molar-refractivity contribution is 7.89. The van der Waals surface area contributed by atoms with Crippen molar-refractivity contribution in [3.05, 3.63) is 23.8 Å². The van der Waals surface area contributed by atoms with Gasteiger partial charge in [-0.3, -0.25) is 0 Å². The van der Waals surface area contributed by atoms with Gasteiger partial charge in [-0.05, 0) is 42.9 Å². The lowest BCUT2D eigenvalue weighted by Gasteiger charge is -2.12. The third kappa shape index (κ3) is 4.18. The van der Waals surface area contributed by atoms with Crippen molar-refractivity contribution in [2.75, 3.05) is 13.2 Å². The van der Waals surface area contributed by atoms with Crippen LogP contribution in [-0.4, -0.2) is 26.7 Å². The molecule has 1 aromatic carbocycles. The van der Waals surface area contributed by atoms with E-state index in [4.69, 9.17) is 4.74 Å².